The minimum Gasteiger partial charge on any atom is -0.469 e. The molecule has 1 aliphatic carbocycles. The van der Waals surface area contributed by atoms with Crippen LogP contribution in [0.4, 0.5) is 0 Å². The van der Waals surface area contributed by atoms with Gasteiger partial charge < -0.3 is 4.74 Å². The number of carbonyl (C=O) groups is 1. The molecule has 0 bridgehead atoms. The topological polar surface area (TPSA) is 60.4 Å². The van der Waals surface area contributed by atoms with E-state index in [-0.39, 0.29) is 17.1 Å². The summed E-state index contributed by atoms with van der Waals surface area (Å²) in [5.41, 5.74) is 0. The average Bonchev–Trinajstić information content (AvgIpc) is 2.50. The minimum atomic E-state index is -2.98. The molecule has 76 valence electrons. The molecular formula is C8H14O4S. The van der Waals surface area contributed by atoms with Crippen LogP contribution in [-0.2, 0) is 19.4 Å². The lowest BCUT2D eigenvalue weighted by Gasteiger charge is -2.07. The maximum absolute atomic E-state index is 11.1. The zero-order valence-electron chi connectivity index (χ0n) is 7.82. The molecule has 1 aliphatic rings. The molecule has 0 amide bonds. The summed E-state index contributed by atoms with van der Waals surface area (Å²) in [6.07, 6.45) is 2.85. The van der Waals surface area contributed by atoms with Gasteiger partial charge in [0, 0.05) is 6.26 Å². The second-order valence-electron chi connectivity index (χ2n) is 3.48. The van der Waals surface area contributed by atoms with Crippen LogP contribution in [0.25, 0.3) is 0 Å². The lowest BCUT2D eigenvalue weighted by Crippen LogP contribution is -2.19. The van der Waals surface area contributed by atoms with Crippen LogP contribution in [0.1, 0.15) is 19.3 Å². The molecule has 1 rings (SSSR count). The summed E-state index contributed by atoms with van der Waals surface area (Å²) in [7, 11) is -1.66. The van der Waals surface area contributed by atoms with Gasteiger partial charge in [-0.2, -0.15) is 0 Å². The van der Waals surface area contributed by atoms with E-state index in [0.29, 0.717) is 19.3 Å². The number of carbonyl (C=O) groups excluding carboxylic acids is 1. The fraction of sp³-hybridized carbons (Fsp3) is 0.875. The van der Waals surface area contributed by atoms with Crippen molar-refractivity contribution in [1.82, 2.24) is 0 Å². The molecule has 0 heterocycles. The molecule has 2 atom stereocenters. The number of hydrogen-bond acceptors (Lipinski definition) is 4. The van der Waals surface area contributed by atoms with E-state index in [9.17, 15) is 13.2 Å². The third-order valence-electron chi connectivity index (χ3n) is 2.52. The molecule has 1 fully saturated rings. The van der Waals surface area contributed by atoms with Gasteiger partial charge in [-0.05, 0) is 19.3 Å². The van der Waals surface area contributed by atoms with Crippen molar-refractivity contribution in [2.45, 2.75) is 24.5 Å². The molecule has 0 aromatic carbocycles. The lowest BCUT2D eigenvalue weighted by atomic mass is 10.1. The molecule has 1 saturated carbocycles. The zero-order valence-corrected chi connectivity index (χ0v) is 8.63. The van der Waals surface area contributed by atoms with Crippen molar-refractivity contribution in [3.8, 4) is 0 Å². The highest BCUT2D eigenvalue weighted by Gasteiger charge is 2.35. The van der Waals surface area contributed by atoms with Crippen molar-refractivity contribution in [2.75, 3.05) is 13.4 Å². The summed E-state index contributed by atoms with van der Waals surface area (Å²) in [6, 6.07) is 0. The van der Waals surface area contributed by atoms with E-state index in [2.05, 4.69) is 4.74 Å². The number of sulfone groups is 1. The van der Waals surface area contributed by atoms with E-state index in [1.165, 1.54) is 13.4 Å². The van der Waals surface area contributed by atoms with Crippen LogP contribution in [0.3, 0.4) is 0 Å². The summed E-state index contributed by atoms with van der Waals surface area (Å²) < 4.78 is 26.8. The molecule has 13 heavy (non-hydrogen) atoms. The van der Waals surface area contributed by atoms with Gasteiger partial charge >= 0.3 is 5.97 Å². The predicted octanol–water partition coefficient (Wildman–Crippen LogP) is 0.373. The molecule has 0 aromatic rings. The molecule has 0 spiro atoms. The van der Waals surface area contributed by atoms with Gasteiger partial charge in [0.1, 0.15) is 9.84 Å². The van der Waals surface area contributed by atoms with E-state index in [1.54, 1.807) is 0 Å². The Morgan fingerprint density at radius 2 is 2.00 bits per heavy atom. The first-order valence-electron chi connectivity index (χ1n) is 4.22. The van der Waals surface area contributed by atoms with Gasteiger partial charge in [0.05, 0.1) is 18.3 Å². The Kier molecular flexibility index (Phi) is 2.95. The molecule has 0 saturated heterocycles. The molecule has 0 N–H and O–H groups in total. The van der Waals surface area contributed by atoms with Gasteiger partial charge in [-0.1, -0.05) is 0 Å². The van der Waals surface area contributed by atoms with Gasteiger partial charge in [0.2, 0.25) is 0 Å². The highest BCUT2D eigenvalue weighted by atomic mass is 32.2. The van der Waals surface area contributed by atoms with Crippen molar-refractivity contribution in [1.29, 1.82) is 0 Å². The van der Waals surface area contributed by atoms with Crippen LogP contribution >= 0.6 is 0 Å². The van der Waals surface area contributed by atoms with E-state index >= 15 is 0 Å². The minimum absolute atomic E-state index is 0.218. The Labute approximate surface area is 78.2 Å². The predicted molar refractivity (Wildman–Crippen MR) is 48.0 cm³/mol. The highest BCUT2D eigenvalue weighted by Crippen LogP contribution is 2.30. The van der Waals surface area contributed by atoms with Crippen molar-refractivity contribution < 1.29 is 17.9 Å². The molecule has 0 aromatic heterocycles. The standard InChI is InChI=1S/C8H14O4S/c1-12-8(9)6-3-4-7(5-6)13(2,10)11/h6-7H,3-5H2,1-2H3. The Morgan fingerprint density at radius 1 is 1.38 bits per heavy atom. The number of methoxy groups -OCH3 is 1. The Hall–Kier alpha value is -0.580. The number of hydrogen-bond donors (Lipinski definition) is 0. The van der Waals surface area contributed by atoms with Crippen molar-refractivity contribution in [3.63, 3.8) is 0 Å². The highest BCUT2D eigenvalue weighted by molar-refractivity contribution is 7.91. The zero-order chi connectivity index (χ0) is 10.1. The van der Waals surface area contributed by atoms with Crippen LogP contribution in [0, 0.1) is 5.92 Å². The van der Waals surface area contributed by atoms with Crippen molar-refractivity contribution in [2.24, 2.45) is 5.92 Å². The first kappa shape index (κ1) is 10.5. The lowest BCUT2D eigenvalue weighted by molar-refractivity contribution is -0.145. The monoisotopic (exact) mass is 206 g/mol. The smallest absolute Gasteiger partial charge is 0.308 e. The molecule has 5 heteroatoms. The Bertz CT molecular complexity index is 293. The van der Waals surface area contributed by atoms with E-state index in [1.807, 2.05) is 0 Å². The van der Waals surface area contributed by atoms with Crippen LogP contribution in [0.15, 0.2) is 0 Å². The van der Waals surface area contributed by atoms with Gasteiger partial charge in [0.25, 0.3) is 0 Å². The molecular weight excluding hydrogens is 192 g/mol. The molecule has 4 nitrogen and oxygen atoms in total. The molecule has 0 aliphatic heterocycles. The summed E-state index contributed by atoms with van der Waals surface area (Å²) in [5.74, 6) is -0.504. The van der Waals surface area contributed by atoms with Crippen LogP contribution in [0.2, 0.25) is 0 Å². The normalized spacial score (nSPS) is 28.8. The van der Waals surface area contributed by atoms with Crippen LogP contribution in [-0.4, -0.2) is 33.0 Å². The number of rotatable bonds is 2. The van der Waals surface area contributed by atoms with E-state index < -0.39 is 9.84 Å². The van der Waals surface area contributed by atoms with E-state index in [0.717, 1.165) is 0 Å². The molecule has 2 unspecified atom stereocenters. The maximum atomic E-state index is 11.1. The van der Waals surface area contributed by atoms with Crippen LogP contribution < -0.4 is 0 Å². The van der Waals surface area contributed by atoms with Crippen molar-refractivity contribution >= 4 is 15.8 Å². The van der Waals surface area contributed by atoms with Gasteiger partial charge in [-0.15, -0.1) is 0 Å². The van der Waals surface area contributed by atoms with E-state index in [4.69, 9.17) is 0 Å². The Balaban J connectivity index is 2.60. The fourth-order valence-corrected chi connectivity index (χ4v) is 2.86. The largest absolute Gasteiger partial charge is 0.469 e. The number of ether oxygens (including phenoxy) is 1. The second kappa shape index (κ2) is 3.65. The fourth-order valence-electron chi connectivity index (χ4n) is 1.71. The van der Waals surface area contributed by atoms with Crippen molar-refractivity contribution in [3.05, 3.63) is 0 Å². The quantitative estimate of drug-likeness (QED) is 0.612. The van der Waals surface area contributed by atoms with Gasteiger partial charge in [-0.25, -0.2) is 8.42 Å². The van der Waals surface area contributed by atoms with Gasteiger partial charge in [-0.3, -0.25) is 4.79 Å². The summed E-state index contributed by atoms with van der Waals surface area (Å²) >= 11 is 0. The first-order valence-corrected chi connectivity index (χ1v) is 6.17. The SMILES string of the molecule is COC(=O)C1CCC(S(C)(=O)=O)C1. The summed E-state index contributed by atoms with van der Waals surface area (Å²) in [5, 5.41) is -0.350. The average molecular weight is 206 g/mol. The Morgan fingerprint density at radius 3 is 2.38 bits per heavy atom. The number of esters is 1. The molecule has 0 radical (unpaired) electrons. The second-order valence-corrected chi connectivity index (χ2v) is 5.81. The van der Waals surface area contributed by atoms with Crippen LogP contribution in [0.5, 0.6) is 0 Å². The first-order chi connectivity index (χ1) is 5.95. The maximum Gasteiger partial charge on any atom is 0.308 e. The summed E-state index contributed by atoms with van der Waals surface area (Å²) in [4.78, 5) is 11.1. The summed E-state index contributed by atoms with van der Waals surface area (Å²) in [6.45, 7) is 0. The third kappa shape index (κ3) is 2.43. The third-order valence-corrected chi connectivity index (χ3v) is 4.16. The van der Waals surface area contributed by atoms with Gasteiger partial charge in [0.15, 0.2) is 0 Å².